The Hall–Kier alpha value is -1.95. The van der Waals surface area contributed by atoms with Crippen LogP contribution in [0.15, 0.2) is 24.3 Å². The molecule has 1 aromatic carbocycles. The molecule has 6 heteroatoms. The molecular weight excluding hydrogens is 263 g/mol. The first-order valence-electron chi connectivity index (χ1n) is 6.38. The lowest BCUT2D eigenvalue weighted by atomic mass is 10.1. The first kappa shape index (κ1) is 16.1. The van der Waals surface area contributed by atoms with Crippen LogP contribution >= 0.6 is 0 Å². The number of halogens is 1. The van der Waals surface area contributed by atoms with Crippen LogP contribution < -0.4 is 10.6 Å². The van der Waals surface area contributed by atoms with Gasteiger partial charge in [0.15, 0.2) is 0 Å². The van der Waals surface area contributed by atoms with Crippen molar-refractivity contribution in [2.24, 2.45) is 5.92 Å². The molecule has 0 radical (unpaired) electrons. The van der Waals surface area contributed by atoms with Crippen molar-refractivity contribution >= 4 is 11.9 Å². The molecule has 20 heavy (non-hydrogen) atoms. The van der Waals surface area contributed by atoms with E-state index in [9.17, 15) is 14.0 Å². The van der Waals surface area contributed by atoms with E-state index >= 15 is 0 Å². The number of aliphatic carboxylic acids is 1. The summed E-state index contributed by atoms with van der Waals surface area (Å²) in [6.07, 6.45) is 0. The predicted octanol–water partition coefficient (Wildman–Crippen LogP) is 1.14. The van der Waals surface area contributed by atoms with E-state index < -0.39 is 12.0 Å². The van der Waals surface area contributed by atoms with Crippen LogP contribution in [0.2, 0.25) is 0 Å². The minimum atomic E-state index is -0.998. The zero-order chi connectivity index (χ0) is 15.1. The number of nitrogens with one attached hydrogen (secondary N) is 2. The number of amides is 1. The third-order valence-corrected chi connectivity index (χ3v) is 2.85. The average Bonchev–Trinajstić information content (AvgIpc) is 2.37. The summed E-state index contributed by atoms with van der Waals surface area (Å²) in [5.41, 5.74) is 0.388. The van der Waals surface area contributed by atoms with Crippen molar-refractivity contribution in [1.82, 2.24) is 10.6 Å². The smallest absolute Gasteiger partial charge is 0.320 e. The largest absolute Gasteiger partial charge is 0.480 e. The van der Waals surface area contributed by atoms with Crippen LogP contribution in [0, 0.1) is 11.7 Å². The van der Waals surface area contributed by atoms with E-state index in [0.717, 1.165) is 0 Å². The summed E-state index contributed by atoms with van der Waals surface area (Å²) >= 11 is 0. The van der Waals surface area contributed by atoms with Crippen LogP contribution in [0.1, 0.15) is 19.4 Å². The van der Waals surface area contributed by atoms with Crippen LogP contribution in [0.25, 0.3) is 0 Å². The normalized spacial score (nSPS) is 12.2. The molecule has 0 bridgehead atoms. The lowest BCUT2D eigenvalue weighted by Gasteiger charge is -2.17. The van der Waals surface area contributed by atoms with E-state index in [-0.39, 0.29) is 30.7 Å². The Bertz CT molecular complexity index is 477. The third kappa shape index (κ3) is 4.97. The highest BCUT2D eigenvalue weighted by atomic mass is 19.1. The summed E-state index contributed by atoms with van der Waals surface area (Å²) in [5, 5.41) is 14.2. The van der Waals surface area contributed by atoms with Crippen molar-refractivity contribution in [2.75, 3.05) is 6.54 Å². The number of carboxylic acid groups (broad SMARTS) is 1. The molecular formula is C14H19FN2O3. The van der Waals surface area contributed by atoms with Gasteiger partial charge in [-0.2, -0.15) is 0 Å². The minimum absolute atomic E-state index is 0.0760. The van der Waals surface area contributed by atoms with E-state index in [1.807, 2.05) is 0 Å². The van der Waals surface area contributed by atoms with Crippen LogP contribution in [-0.4, -0.2) is 29.6 Å². The van der Waals surface area contributed by atoms with E-state index in [1.165, 1.54) is 6.07 Å². The van der Waals surface area contributed by atoms with Crippen LogP contribution in [0.5, 0.6) is 0 Å². The quantitative estimate of drug-likeness (QED) is 0.701. The Kier molecular flexibility index (Phi) is 6.11. The zero-order valence-electron chi connectivity index (χ0n) is 11.5. The number of carbonyl (C=O) groups is 2. The molecule has 3 N–H and O–H groups in total. The molecule has 5 nitrogen and oxygen atoms in total. The molecule has 0 aromatic heterocycles. The molecule has 0 heterocycles. The molecule has 110 valence electrons. The zero-order valence-corrected chi connectivity index (χ0v) is 11.5. The second-order valence-corrected chi connectivity index (χ2v) is 4.81. The van der Waals surface area contributed by atoms with Gasteiger partial charge >= 0.3 is 5.97 Å². The topological polar surface area (TPSA) is 78.4 Å². The van der Waals surface area contributed by atoms with Gasteiger partial charge in [-0.25, -0.2) is 4.39 Å². The summed E-state index contributed by atoms with van der Waals surface area (Å²) < 4.78 is 13.3. The molecule has 1 unspecified atom stereocenters. The minimum Gasteiger partial charge on any atom is -0.480 e. The van der Waals surface area contributed by atoms with Crippen molar-refractivity contribution in [1.29, 1.82) is 0 Å². The van der Waals surface area contributed by atoms with Gasteiger partial charge in [0.2, 0.25) is 5.91 Å². The maximum atomic E-state index is 13.3. The van der Waals surface area contributed by atoms with Crippen LogP contribution in [-0.2, 0) is 16.1 Å². The van der Waals surface area contributed by atoms with Gasteiger partial charge in [0, 0.05) is 12.1 Å². The van der Waals surface area contributed by atoms with Gasteiger partial charge in [-0.05, 0) is 12.0 Å². The first-order valence-corrected chi connectivity index (χ1v) is 6.38. The molecule has 1 amide bonds. The fourth-order valence-electron chi connectivity index (χ4n) is 1.71. The molecule has 1 rings (SSSR count). The molecule has 1 atom stereocenters. The van der Waals surface area contributed by atoms with Gasteiger partial charge in [-0.1, -0.05) is 32.0 Å². The fourth-order valence-corrected chi connectivity index (χ4v) is 1.71. The maximum absolute atomic E-state index is 13.3. The molecule has 0 aliphatic heterocycles. The van der Waals surface area contributed by atoms with E-state index in [4.69, 9.17) is 5.11 Å². The second-order valence-electron chi connectivity index (χ2n) is 4.81. The summed E-state index contributed by atoms with van der Waals surface area (Å²) in [7, 11) is 0. The highest BCUT2D eigenvalue weighted by molar-refractivity contribution is 5.79. The Morgan fingerprint density at radius 2 is 1.95 bits per heavy atom. The van der Waals surface area contributed by atoms with E-state index in [0.29, 0.717) is 5.56 Å². The number of hydrogen-bond acceptors (Lipinski definition) is 3. The van der Waals surface area contributed by atoms with Gasteiger partial charge < -0.3 is 10.4 Å². The average molecular weight is 282 g/mol. The Morgan fingerprint density at radius 3 is 2.50 bits per heavy atom. The Balaban J connectivity index is 2.41. The van der Waals surface area contributed by atoms with Crippen molar-refractivity contribution in [3.63, 3.8) is 0 Å². The van der Waals surface area contributed by atoms with Crippen LogP contribution in [0.3, 0.4) is 0 Å². The highest BCUT2D eigenvalue weighted by Gasteiger charge is 2.21. The number of rotatable bonds is 7. The molecule has 0 spiro atoms. The second kappa shape index (κ2) is 7.59. The fraction of sp³-hybridized carbons (Fsp3) is 0.429. The predicted molar refractivity (Wildman–Crippen MR) is 72.5 cm³/mol. The Labute approximate surface area is 117 Å². The first-order chi connectivity index (χ1) is 9.41. The number of carboxylic acids is 1. The summed E-state index contributed by atoms with van der Waals surface area (Å²) in [5.74, 6) is -1.89. The SMILES string of the molecule is CC(C)C(NCC(=O)NCc1ccccc1F)C(=O)O. The highest BCUT2D eigenvalue weighted by Crippen LogP contribution is 2.05. The maximum Gasteiger partial charge on any atom is 0.320 e. The van der Waals surface area contributed by atoms with Crippen molar-refractivity contribution in [3.05, 3.63) is 35.6 Å². The number of benzene rings is 1. The standard InChI is InChI=1S/C14H19FN2O3/c1-9(2)13(14(19)20)17-8-12(18)16-7-10-5-3-4-6-11(10)15/h3-6,9,13,17H,7-8H2,1-2H3,(H,16,18)(H,19,20). The summed E-state index contributed by atoms with van der Waals surface area (Å²) in [6.45, 7) is 3.46. The van der Waals surface area contributed by atoms with Crippen molar-refractivity contribution in [3.8, 4) is 0 Å². The van der Waals surface area contributed by atoms with Gasteiger partial charge in [0.25, 0.3) is 0 Å². The summed E-state index contributed by atoms with van der Waals surface area (Å²) in [4.78, 5) is 22.5. The number of carbonyl (C=O) groups excluding carboxylic acids is 1. The molecule has 0 aliphatic rings. The lowest BCUT2D eigenvalue weighted by molar-refractivity contribution is -0.140. The van der Waals surface area contributed by atoms with Crippen molar-refractivity contribution < 1.29 is 19.1 Å². The molecule has 0 fully saturated rings. The number of hydrogen-bond donors (Lipinski definition) is 3. The van der Waals surface area contributed by atoms with Gasteiger partial charge in [0.05, 0.1) is 6.54 Å². The van der Waals surface area contributed by atoms with Gasteiger partial charge in [0.1, 0.15) is 11.9 Å². The molecule has 0 saturated heterocycles. The van der Waals surface area contributed by atoms with E-state index in [1.54, 1.807) is 32.0 Å². The van der Waals surface area contributed by atoms with Crippen molar-refractivity contribution in [2.45, 2.75) is 26.4 Å². The third-order valence-electron chi connectivity index (χ3n) is 2.85. The Morgan fingerprint density at radius 1 is 1.30 bits per heavy atom. The monoisotopic (exact) mass is 282 g/mol. The summed E-state index contributed by atoms with van der Waals surface area (Å²) in [6, 6.07) is 5.37. The van der Waals surface area contributed by atoms with Gasteiger partial charge in [-0.3, -0.25) is 14.9 Å². The molecule has 0 saturated carbocycles. The lowest BCUT2D eigenvalue weighted by Crippen LogP contribution is -2.45. The van der Waals surface area contributed by atoms with Crippen LogP contribution in [0.4, 0.5) is 4.39 Å². The van der Waals surface area contributed by atoms with Gasteiger partial charge in [-0.15, -0.1) is 0 Å². The molecule has 1 aromatic rings. The van der Waals surface area contributed by atoms with E-state index in [2.05, 4.69) is 10.6 Å². The molecule has 0 aliphatic carbocycles.